The standard InChI is InChI=1S/C41H63N11O17/c1-17(2)30(41(68)69)49-38(65)27-6-5-11-52(27)40(67)32(19(4)56)51-36(63)25(14-29(44)59)46-34(61)24(13-28(43)58)47-37(64)26(16-54)48-39(66)31(18(3)55)50-35(62)23(45-33(60)22(42)15-53)12-20-7-9-21(57)10-8-20/h7-10,17-19,22-27,30-32,53-57H,5-6,11-16,42H2,1-4H3,(H2,43,58)(H2,44,59)(H,45,60)(H,46,61)(H,47,64)(H,48,66)(H,49,65)(H,50,62)(H,51,63)(H,68,69)/t18-,19-,22+,23+,24+,25+,26+,27+,30+,31+,32+/m1/s1. The molecule has 1 aromatic carbocycles. The number of aromatic hydroxyl groups is 1. The molecule has 10 amide bonds. The molecule has 0 radical (unpaired) electrons. The number of nitrogens with two attached hydrogens (primary N) is 3. The van der Waals surface area contributed by atoms with Crippen molar-refractivity contribution in [3.05, 3.63) is 29.8 Å². The molecule has 0 unspecified atom stereocenters. The largest absolute Gasteiger partial charge is 0.508 e. The minimum atomic E-state index is -2.01. The first-order chi connectivity index (χ1) is 32.2. The van der Waals surface area contributed by atoms with Gasteiger partial charge in [-0.1, -0.05) is 26.0 Å². The SMILES string of the molecule is CC(C)[C@H](NC(=O)[C@@H]1CCCN1C(=O)[C@@H](NC(=O)[C@H](CC(N)=O)NC(=O)[C@H](CC(N)=O)NC(=O)[C@H](CO)NC(=O)[C@@H](NC(=O)[C@H](Cc1ccc(O)cc1)NC(=O)[C@@H](N)CO)[C@@H](C)O)[C@@H](C)O)C(=O)O. The molecule has 0 spiro atoms. The van der Waals surface area contributed by atoms with Gasteiger partial charge >= 0.3 is 5.97 Å². The molecule has 11 atom stereocenters. The summed E-state index contributed by atoms with van der Waals surface area (Å²) >= 11 is 0. The number of hydrogen-bond acceptors (Lipinski definition) is 17. The minimum Gasteiger partial charge on any atom is -0.508 e. The molecule has 0 bridgehead atoms. The van der Waals surface area contributed by atoms with E-state index >= 15 is 0 Å². The average molecular weight is 982 g/mol. The van der Waals surface area contributed by atoms with Crippen LogP contribution in [0.25, 0.3) is 0 Å². The molecule has 28 heteroatoms. The Hall–Kier alpha value is -7.01. The highest BCUT2D eigenvalue weighted by atomic mass is 16.4. The number of carboxylic acid groups (broad SMARTS) is 1. The van der Waals surface area contributed by atoms with E-state index < -0.39 is 164 Å². The highest BCUT2D eigenvalue weighted by Crippen LogP contribution is 2.21. The number of amides is 10. The number of likely N-dealkylation sites (tertiary alicyclic amines) is 1. The van der Waals surface area contributed by atoms with Crippen molar-refractivity contribution >= 4 is 65.0 Å². The quantitative estimate of drug-likeness (QED) is 0.0389. The lowest BCUT2D eigenvalue weighted by molar-refractivity contribution is -0.147. The number of primary amides is 2. The number of carboxylic acids is 1. The van der Waals surface area contributed by atoms with Gasteiger partial charge in [-0.25, -0.2) is 4.79 Å². The van der Waals surface area contributed by atoms with Crippen LogP contribution in [0.15, 0.2) is 24.3 Å². The van der Waals surface area contributed by atoms with E-state index in [1.54, 1.807) is 13.8 Å². The molecule has 1 aliphatic heterocycles. The van der Waals surface area contributed by atoms with Crippen molar-refractivity contribution < 1.29 is 83.4 Å². The van der Waals surface area contributed by atoms with Gasteiger partial charge in [0, 0.05) is 13.0 Å². The van der Waals surface area contributed by atoms with Gasteiger partial charge < -0.3 is 90.0 Å². The maximum absolute atomic E-state index is 13.7. The fraction of sp³-hybridized carbons (Fsp3) is 0.585. The van der Waals surface area contributed by atoms with Gasteiger partial charge in [-0.3, -0.25) is 47.9 Å². The molecular weight excluding hydrogens is 919 g/mol. The average Bonchev–Trinajstić information content (AvgIpc) is 3.77. The summed E-state index contributed by atoms with van der Waals surface area (Å²) in [6.45, 7) is 3.22. The molecule has 1 fully saturated rings. The minimum absolute atomic E-state index is 0.0428. The molecule has 1 aromatic rings. The number of phenolic OH excluding ortho intramolecular Hbond substituents is 1. The number of phenols is 1. The lowest BCUT2D eigenvalue weighted by Crippen LogP contribution is -2.63. The number of aliphatic hydroxyl groups is 4. The molecule has 1 heterocycles. The van der Waals surface area contributed by atoms with Gasteiger partial charge in [-0.05, 0) is 50.3 Å². The highest BCUT2D eigenvalue weighted by molar-refractivity contribution is 6.00. The zero-order valence-electron chi connectivity index (χ0n) is 38.2. The predicted molar refractivity (Wildman–Crippen MR) is 236 cm³/mol. The Morgan fingerprint density at radius 2 is 1.09 bits per heavy atom. The molecule has 19 N–H and O–H groups in total. The van der Waals surface area contributed by atoms with Gasteiger partial charge in [-0.15, -0.1) is 0 Å². The number of carbonyl (C=O) groups excluding carboxylic acids is 10. The zero-order valence-corrected chi connectivity index (χ0v) is 38.2. The van der Waals surface area contributed by atoms with Crippen LogP contribution < -0.4 is 54.4 Å². The first-order valence-corrected chi connectivity index (χ1v) is 21.6. The van der Waals surface area contributed by atoms with Crippen molar-refractivity contribution in [3.63, 3.8) is 0 Å². The van der Waals surface area contributed by atoms with Crippen molar-refractivity contribution in [2.24, 2.45) is 23.1 Å². The van der Waals surface area contributed by atoms with Gasteiger partial charge in [0.1, 0.15) is 60.1 Å². The Kier molecular flexibility index (Phi) is 22.8. The van der Waals surface area contributed by atoms with Gasteiger partial charge in [-0.2, -0.15) is 0 Å². The van der Waals surface area contributed by atoms with E-state index in [1.165, 1.54) is 24.3 Å². The highest BCUT2D eigenvalue weighted by Gasteiger charge is 2.42. The van der Waals surface area contributed by atoms with Crippen LogP contribution in [0, 0.1) is 5.92 Å². The molecule has 28 nitrogen and oxygen atoms in total. The third-order valence-corrected chi connectivity index (χ3v) is 10.6. The van der Waals surface area contributed by atoms with Crippen LogP contribution in [0.4, 0.5) is 0 Å². The van der Waals surface area contributed by atoms with E-state index in [1.807, 2.05) is 0 Å². The maximum Gasteiger partial charge on any atom is 0.326 e. The summed E-state index contributed by atoms with van der Waals surface area (Å²) in [5, 5.41) is 75.0. The summed E-state index contributed by atoms with van der Waals surface area (Å²) in [5.74, 6) is -13.6. The molecule has 1 aliphatic rings. The summed E-state index contributed by atoms with van der Waals surface area (Å²) in [6.07, 6.45) is -5.23. The Balaban J connectivity index is 2.29. The smallest absolute Gasteiger partial charge is 0.326 e. The third-order valence-electron chi connectivity index (χ3n) is 10.6. The number of aliphatic hydroxyl groups excluding tert-OH is 4. The maximum atomic E-state index is 13.7. The number of benzene rings is 1. The van der Waals surface area contributed by atoms with E-state index in [4.69, 9.17) is 17.2 Å². The van der Waals surface area contributed by atoms with Gasteiger partial charge in [0.15, 0.2) is 0 Å². The molecule has 1 saturated heterocycles. The van der Waals surface area contributed by atoms with Crippen LogP contribution in [0.5, 0.6) is 5.75 Å². The Morgan fingerprint density at radius 3 is 1.55 bits per heavy atom. The van der Waals surface area contributed by atoms with Crippen LogP contribution >= 0.6 is 0 Å². The van der Waals surface area contributed by atoms with Crippen molar-refractivity contribution in [2.45, 2.75) is 126 Å². The van der Waals surface area contributed by atoms with E-state index in [2.05, 4.69) is 37.2 Å². The van der Waals surface area contributed by atoms with Crippen LogP contribution in [0.2, 0.25) is 0 Å². The zero-order chi connectivity index (χ0) is 52.4. The monoisotopic (exact) mass is 981 g/mol. The van der Waals surface area contributed by atoms with Gasteiger partial charge in [0.25, 0.3) is 0 Å². The number of nitrogens with zero attached hydrogens (tertiary/aromatic N) is 1. The number of rotatable bonds is 27. The van der Waals surface area contributed by atoms with E-state index in [9.17, 15) is 83.4 Å². The van der Waals surface area contributed by atoms with Crippen LogP contribution in [-0.2, 0) is 59.2 Å². The normalized spacial score (nSPS) is 17.7. The molecular formula is C41H63N11O17. The molecule has 0 aromatic heterocycles. The van der Waals surface area contributed by atoms with E-state index in [0.29, 0.717) is 5.56 Å². The summed E-state index contributed by atoms with van der Waals surface area (Å²) in [7, 11) is 0. The number of hydrogen-bond donors (Lipinski definition) is 16. The molecule has 0 aliphatic carbocycles. The third kappa shape index (κ3) is 17.9. The molecule has 2 rings (SSSR count). The topological polar surface area (TPSA) is 475 Å². The van der Waals surface area contributed by atoms with E-state index in [-0.39, 0.29) is 31.6 Å². The van der Waals surface area contributed by atoms with Gasteiger partial charge in [0.2, 0.25) is 59.1 Å². The molecule has 384 valence electrons. The lowest BCUT2D eigenvalue weighted by Gasteiger charge is -2.32. The summed E-state index contributed by atoms with van der Waals surface area (Å²) in [6, 6.07) is -9.76. The Morgan fingerprint density at radius 1 is 0.623 bits per heavy atom. The second kappa shape index (κ2) is 27.1. The van der Waals surface area contributed by atoms with E-state index in [0.717, 1.165) is 18.7 Å². The van der Waals surface area contributed by atoms with Gasteiger partial charge in [0.05, 0.1) is 38.3 Å². The first kappa shape index (κ1) is 58.1. The van der Waals surface area contributed by atoms with Crippen molar-refractivity contribution in [2.75, 3.05) is 19.8 Å². The number of carbonyl (C=O) groups is 11. The van der Waals surface area contributed by atoms with Crippen LogP contribution in [0.3, 0.4) is 0 Å². The Bertz CT molecular complexity index is 2040. The summed E-state index contributed by atoms with van der Waals surface area (Å²) < 4.78 is 0. The van der Waals surface area contributed by atoms with Crippen LogP contribution in [-0.4, -0.2) is 187 Å². The Labute approximate surface area is 394 Å². The second-order valence-corrected chi connectivity index (χ2v) is 16.6. The predicted octanol–water partition coefficient (Wildman–Crippen LogP) is -8.12. The van der Waals surface area contributed by atoms with Crippen molar-refractivity contribution in [3.8, 4) is 5.75 Å². The second-order valence-electron chi connectivity index (χ2n) is 16.6. The molecule has 69 heavy (non-hydrogen) atoms. The molecule has 0 saturated carbocycles. The number of nitrogens with one attached hydrogen (secondary N) is 7. The first-order valence-electron chi connectivity index (χ1n) is 21.6. The summed E-state index contributed by atoms with van der Waals surface area (Å²) in [5.41, 5.74) is 16.6. The lowest BCUT2D eigenvalue weighted by atomic mass is 10.0. The number of aliphatic carboxylic acids is 1. The fourth-order valence-electron chi connectivity index (χ4n) is 6.81. The van der Waals surface area contributed by atoms with Crippen molar-refractivity contribution in [1.82, 2.24) is 42.1 Å². The van der Waals surface area contributed by atoms with Crippen molar-refractivity contribution in [1.29, 1.82) is 0 Å². The fourth-order valence-corrected chi connectivity index (χ4v) is 6.81. The summed E-state index contributed by atoms with van der Waals surface area (Å²) in [4.78, 5) is 144. The van der Waals surface area contributed by atoms with Crippen LogP contribution in [0.1, 0.15) is 58.9 Å².